The number of amides is 1. The van der Waals surface area contributed by atoms with Gasteiger partial charge in [0, 0.05) is 11.4 Å². The molecule has 6 nitrogen and oxygen atoms in total. The van der Waals surface area contributed by atoms with Crippen LogP contribution in [0.5, 0.6) is 0 Å². The molecule has 1 saturated heterocycles. The lowest BCUT2D eigenvalue weighted by Gasteiger charge is -2.14. The van der Waals surface area contributed by atoms with E-state index in [0.29, 0.717) is 5.69 Å². The Morgan fingerprint density at radius 3 is 2.81 bits per heavy atom. The molecule has 1 amide bonds. The van der Waals surface area contributed by atoms with Gasteiger partial charge in [0.25, 0.3) is 5.91 Å². The zero-order valence-corrected chi connectivity index (χ0v) is 12.7. The van der Waals surface area contributed by atoms with Gasteiger partial charge >= 0.3 is 0 Å². The van der Waals surface area contributed by atoms with Crippen LogP contribution in [-0.4, -0.2) is 42.1 Å². The minimum absolute atomic E-state index is 0.00128. The van der Waals surface area contributed by atoms with Gasteiger partial charge in [-0.3, -0.25) is 9.89 Å². The van der Waals surface area contributed by atoms with Crippen LogP contribution in [-0.2, 0) is 9.84 Å². The van der Waals surface area contributed by atoms with Crippen LogP contribution in [0.15, 0.2) is 18.2 Å². The predicted octanol–water partition coefficient (Wildman–Crippen LogP) is 1.03. The number of nitrogens with zero attached hydrogens (tertiary/aromatic N) is 1. The molecular weight excluding hydrogens is 290 g/mol. The van der Waals surface area contributed by atoms with Gasteiger partial charge in [-0.25, -0.2) is 8.42 Å². The monoisotopic (exact) mass is 307 g/mol. The zero-order chi connectivity index (χ0) is 15.2. The Kier molecular flexibility index (Phi) is 3.24. The maximum Gasteiger partial charge on any atom is 0.272 e. The summed E-state index contributed by atoms with van der Waals surface area (Å²) in [7, 11) is -3.05. The third-order valence-corrected chi connectivity index (χ3v) is 5.79. The van der Waals surface area contributed by atoms with Crippen molar-refractivity contribution in [2.75, 3.05) is 11.5 Å². The van der Waals surface area contributed by atoms with Crippen LogP contribution in [0.25, 0.3) is 10.9 Å². The predicted molar refractivity (Wildman–Crippen MR) is 79.9 cm³/mol. The molecule has 0 radical (unpaired) electrons. The largest absolute Gasteiger partial charge is 0.347 e. The van der Waals surface area contributed by atoms with Crippen LogP contribution >= 0.6 is 0 Å². The number of hydrogen-bond acceptors (Lipinski definition) is 4. The van der Waals surface area contributed by atoms with Crippen LogP contribution < -0.4 is 5.32 Å². The summed E-state index contributed by atoms with van der Waals surface area (Å²) in [6, 6.07) is 5.35. The fourth-order valence-corrected chi connectivity index (χ4v) is 4.87. The number of hydrogen-bond donors (Lipinski definition) is 2. The van der Waals surface area contributed by atoms with Crippen molar-refractivity contribution in [1.82, 2.24) is 15.5 Å². The quantitative estimate of drug-likeness (QED) is 0.867. The molecule has 2 atom stereocenters. The van der Waals surface area contributed by atoms with E-state index in [9.17, 15) is 13.2 Å². The second-order valence-electron chi connectivity index (χ2n) is 5.76. The number of benzene rings is 1. The molecule has 0 bridgehead atoms. The SMILES string of the molecule is Cc1ccc2[nH]nc(C(=O)N[C@@H]3CS(=O)(=O)C[C@@H]3C)c2c1. The Morgan fingerprint density at radius 1 is 1.38 bits per heavy atom. The third kappa shape index (κ3) is 2.65. The van der Waals surface area contributed by atoms with Gasteiger partial charge in [-0.1, -0.05) is 18.6 Å². The molecule has 1 aliphatic heterocycles. The Morgan fingerprint density at radius 2 is 2.14 bits per heavy atom. The van der Waals surface area contributed by atoms with E-state index in [4.69, 9.17) is 0 Å². The molecule has 1 aromatic carbocycles. The van der Waals surface area contributed by atoms with Crippen LogP contribution in [0.3, 0.4) is 0 Å². The number of aromatic nitrogens is 2. The summed E-state index contributed by atoms with van der Waals surface area (Å²) in [4.78, 5) is 12.4. The topological polar surface area (TPSA) is 91.9 Å². The highest BCUT2D eigenvalue weighted by atomic mass is 32.2. The fourth-order valence-electron chi connectivity index (χ4n) is 2.74. The lowest BCUT2D eigenvalue weighted by molar-refractivity contribution is 0.0930. The summed E-state index contributed by atoms with van der Waals surface area (Å²) in [5.41, 5.74) is 2.14. The van der Waals surface area contributed by atoms with Crippen molar-refractivity contribution in [1.29, 1.82) is 0 Å². The molecule has 0 spiro atoms. The van der Waals surface area contributed by atoms with Gasteiger partial charge in [0.1, 0.15) is 0 Å². The second-order valence-corrected chi connectivity index (χ2v) is 7.91. The lowest BCUT2D eigenvalue weighted by atomic mass is 10.1. The van der Waals surface area contributed by atoms with E-state index < -0.39 is 9.84 Å². The average molecular weight is 307 g/mol. The summed E-state index contributed by atoms with van der Waals surface area (Å²) < 4.78 is 23.2. The molecular formula is C14H17N3O3S. The molecule has 1 aliphatic rings. The number of H-pyrrole nitrogens is 1. The first-order valence-corrected chi connectivity index (χ1v) is 8.64. The minimum Gasteiger partial charge on any atom is -0.347 e. The van der Waals surface area contributed by atoms with Crippen LogP contribution in [0.1, 0.15) is 23.0 Å². The number of aryl methyl sites for hydroxylation is 1. The molecule has 21 heavy (non-hydrogen) atoms. The summed E-state index contributed by atoms with van der Waals surface area (Å²) in [6.07, 6.45) is 0. The Balaban J connectivity index is 1.86. The molecule has 7 heteroatoms. The van der Waals surface area contributed by atoms with E-state index in [-0.39, 0.29) is 29.4 Å². The normalized spacial score (nSPS) is 24.3. The van der Waals surface area contributed by atoms with Crippen LogP contribution in [0.2, 0.25) is 0 Å². The van der Waals surface area contributed by atoms with Gasteiger partial charge in [-0.2, -0.15) is 5.10 Å². The maximum atomic E-state index is 12.4. The van der Waals surface area contributed by atoms with Gasteiger partial charge in [0.15, 0.2) is 15.5 Å². The van der Waals surface area contributed by atoms with Crippen molar-refractivity contribution in [3.63, 3.8) is 0 Å². The molecule has 2 heterocycles. The van der Waals surface area contributed by atoms with E-state index in [1.54, 1.807) is 0 Å². The van der Waals surface area contributed by atoms with Gasteiger partial charge < -0.3 is 5.32 Å². The molecule has 0 aliphatic carbocycles. The van der Waals surface area contributed by atoms with Gasteiger partial charge in [-0.15, -0.1) is 0 Å². The van der Waals surface area contributed by atoms with Crippen molar-refractivity contribution < 1.29 is 13.2 Å². The van der Waals surface area contributed by atoms with Gasteiger partial charge in [0.05, 0.1) is 17.0 Å². The van der Waals surface area contributed by atoms with E-state index in [1.165, 1.54) is 0 Å². The zero-order valence-electron chi connectivity index (χ0n) is 11.9. The van der Waals surface area contributed by atoms with Crippen molar-refractivity contribution in [3.05, 3.63) is 29.5 Å². The molecule has 1 aromatic heterocycles. The fraction of sp³-hybridized carbons (Fsp3) is 0.429. The Bertz CT molecular complexity index is 810. The molecule has 3 rings (SSSR count). The van der Waals surface area contributed by atoms with Crippen molar-refractivity contribution in [2.24, 2.45) is 5.92 Å². The Labute approximate surface area is 122 Å². The van der Waals surface area contributed by atoms with Crippen molar-refractivity contribution in [3.8, 4) is 0 Å². The van der Waals surface area contributed by atoms with E-state index in [1.807, 2.05) is 32.0 Å². The molecule has 2 aromatic rings. The highest BCUT2D eigenvalue weighted by Gasteiger charge is 2.36. The smallest absolute Gasteiger partial charge is 0.272 e. The number of aromatic amines is 1. The lowest BCUT2D eigenvalue weighted by Crippen LogP contribution is -2.39. The van der Waals surface area contributed by atoms with Gasteiger partial charge in [0.2, 0.25) is 0 Å². The molecule has 0 unspecified atom stereocenters. The number of sulfone groups is 1. The van der Waals surface area contributed by atoms with E-state index in [0.717, 1.165) is 16.5 Å². The molecule has 112 valence electrons. The standard InChI is InChI=1S/C14H17N3O3S/c1-8-3-4-11-10(5-8)13(17-16-11)14(18)15-12-7-21(19,20)6-9(12)2/h3-5,9,12H,6-7H2,1-2H3,(H,15,18)(H,16,17)/t9-,12+/m0/s1. The number of nitrogens with one attached hydrogen (secondary N) is 2. The number of fused-ring (bicyclic) bond motifs is 1. The second kappa shape index (κ2) is 4.84. The first-order chi connectivity index (χ1) is 9.85. The Hall–Kier alpha value is -1.89. The summed E-state index contributed by atoms with van der Waals surface area (Å²) in [5.74, 6) is -0.286. The summed E-state index contributed by atoms with van der Waals surface area (Å²) in [5, 5.41) is 10.4. The first kappa shape index (κ1) is 14.1. The van der Waals surface area contributed by atoms with E-state index in [2.05, 4.69) is 15.5 Å². The maximum absolute atomic E-state index is 12.4. The third-order valence-electron chi connectivity index (χ3n) is 3.89. The molecule has 1 fully saturated rings. The highest BCUT2D eigenvalue weighted by Crippen LogP contribution is 2.21. The van der Waals surface area contributed by atoms with Crippen LogP contribution in [0.4, 0.5) is 0 Å². The van der Waals surface area contributed by atoms with E-state index >= 15 is 0 Å². The summed E-state index contributed by atoms with van der Waals surface area (Å²) >= 11 is 0. The van der Waals surface area contributed by atoms with Gasteiger partial charge in [-0.05, 0) is 25.0 Å². The minimum atomic E-state index is -3.05. The molecule has 0 saturated carbocycles. The average Bonchev–Trinajstić information content (AvgIpc) is 2.89. The van der Waals surface area contributed by atoms with Crippen molar-refractivity contribution in [2.45, 2.75) is 19.9 Å². The van der Waals surface area contributed by atoms with Crippen molar-refractivity contribution >= 4 is 26.6 Å². The molecule has 2 N–H and O–H groups in total. The van der Waals surface area contributed by atoms with Crippen LogP contribution in [0, 0.1) is 12.8 Å². The number of carbonyl (C=O) groups excluding carboxylic acids is 1. The first-order valence-electron chi connectivity index (χ1n) is 6.82. The highest BCUT2D eigenvalue weighted by molar-refractivity contribution is 7.91. The number of rotatable bonds is 2. The summed E-state index contributed by atoms with van der Waals surface area (Å²) in [6.45, 7) is 3.78. The number of carbonyl (C=O) groups is 1.